The number of carbonyl (C=O) groups is 15. The number of primary amides is 2. The Kier molecular flexibility index (Phi) is 46.1. The molecule has 0 unspecified atom stereocenters. The Morgan fingerprint density at radius 1 is 0.427 bits per heavy atom. The number of hydrogen-bond donors (Lipinski definition) is 22. The van der Waals surface area contributed by atoms with Crippen molar-refractivity contribution >= 4 is 101 Å². The number of aliphatic imine (C=N–C) groups is 2. The van der Waals surface area contributed by atoms with Gasteiger partial charge in [0.2, 0.25) is 82.7 Å². The van der Waals surface area contributed by atoms with Gasteiger partial charge in [-0.2, -0.15) is 0 Å². The standard InChI is InChI=1S/C71H124N22O17/c1-11-40(9)56(93-62(103)44(23-16-17-27-72)86-69(110)57(41(10)12-2)92-59(100)43(73)22-18-28-80-70(76)77)68(109)82-35-54(96)83-48(31-38(5)6)63(104)89-50(33-42-20-14-13-15-21-42)65(106)90-51(34-55(97)98)66(107)85-46(25-26-53(74)95)61(102)88-49(32-39(7)8)64(105)91-52(36-94)67(108)84-45(24-19-29-81-71(78)79)60(101)87-47(58(75)99)30-37(3)4/h13-15,20-21,37-41,43-52,56-57,94H,11-12,16-19,22-36,72-73H2,1-10H3,(H2,74,95)(H2,75,99)(H,82,109)(H,83,96)(H,84,108)(H,85,107)(H,86,110)(H,87,101)(H,88,102)(H,89,104)(H,90,106)(H,91,105)(H,92,100)(H,93,103)(H,97,98)(H4,76,77,80)(H4,78,79,81)/t40-,41-,43-,44-,45-,46-,47-,48-,49-,50-,51-,52-,56-,57-/m0/s1. The average Bonchev–Trinajstić information content (AvgIpc) is 0.845. The number of hydrogen-bond acceptors (Lipinski definition) is 20. The van der Waals surface area contributed by atoms with E-state index >= 15 is 0 Å². The summed E-state index contributed by atoms with van der Waals surface area (Å²) < 4.78 is 0. The fourth-order valence-electron chi connectivity index (χ4n) is 11.1. The predicted octanol–water partition coefficient (Wildman–Crippen LogP) is -5.31. The summed E-state index contributed by atoms with van der Waals surface area (Å²) in [6, 6.07) is -9.26. The van der Waals surface area contributed by atoms with Crippen molar-refractivity contribution in [3.05, 3.63) is 35.9 Å². The van der Waals surface area contributed by atoms with E-state index in [1.165, 1.54) is 0 Å². The zero-order chi connectivity index (χ0) is 83.5. The number of guanidine groups is 2. The topological polar surface area (TPSA) is 674 Å². The van der Waals surface area contributed by atoms with Crippen LogP contribution in [0.3, 0.4) is 0 Å². The van der Waals surface area contributed by atoms with Crippen molar-refractivity contribution in [3.63, 3.8) is 0 Å². The number of nitrogens with one attached hydrogen (secondary N) is 12. The van der Waals surface area contributed by atoms with Crippen LogP contribution in [0.15, 0.2) is 40.3 Å². The molecular weight excluding hydrogens is 1430 g/mol. The van der Waals surface area contributed by atoms with Crippen LogP contribution >= 0.6 is 0 Å². The van der Waals surface area contributed by atoms with E-state index in [0.717, 1.165) is 0 Å². The predicted molar refractivity (Wildman–Crippen MR) is 409 cm³/mol. The van der Waals surface area contributed by atoms with Gasteiger partial charge in [0.15, 0.2) is 11.9 Å². The highest BCUT2D eigenvalue weighted by Gasteiger charge is 2.38. The fourth-order valence-corrected chi connectivity index (χ4v) is 11.1. The molecule has 620 valence electrons. The second-order valence-corrected chi connectivity index (χ2v) is 28.6. The van der Waals surface area contributed by atoms with Crippen LogP contribution in [0.2, 0.25) is 0 Å². The first-order valence-electron chi connectivity index (χ1n) is 37.3. The van der Waals surface area contributed by atoms with Gasteiger partial charge >= 0.3 is 5.97 Å². The van der Waals surface area contributed by atoms with Crippen LogP contribution in [0, 0.1) is 29.6 Å². The zero-order valence-corrected chi connectivity index (χ0v) is 65.1. The number of carboxylic acid groups (broad SMARTS) is 1. The number of aliphatic hydroxyl groups excluding tert-OH is 1. The lowest BCUT2D eigenvalue weighted by atomic mass is 9.96. The van der Waals surface area contributed by atoms with Crippen LogP contribution in [0.25, 0.3) is 0 Å². The van der Waals surface area contributed by atoms with Crippen molar-refractivity contribution in [2.45, 2.75) is 244 Å². The van der Waals surface area contributed by atoms with E-state index in [2.05, 4.69) is 73.8 Å². The van der Waals surface area contributed by atoms with Gasteiger partial charge in [0.05, 0.1) is 25.6 Å². The van der Waals surface area contributed by atoms with E-state index in [4.69, 9.17) is 45.9 Å². The highest BCUT2D eigenvalue weighted by molar-refractivity contribution is 6.00. The lowest BCUT2D eigenvalue weighted by Gasteiger charge is -2.29. The number of aliphatic hydroxyl groups is 1. The van der Waals surface area contributed by atoms with Gasteiger partial charge in [-0.05, 0) is 112 Å². The highest BCUT2D eigenvalue weighted by Crippen LogP contribution is 2.16. The Hall–Kier alpha value is -10.3. The molecule has 110 heavy (non-hydrogen) atoms. The van der Waals surface area contributed by atoms with Crippen molar-refractivity contribution in [2.24, 2.45) is 85.4 Å². The number of aliphatic carboxylic acids is 1. The molecule has 0 aliphatic carbocycles. The van der Waals surface area contributed by atoms with E-state index in [1.807, 2.05) is 6.92 Å². The van der Waals surface area contributed by atoms with Gasteiger partial charge in [0, 0.05) is 25.9 Å². The van der Waals surface area contributed by atoms with Crippen molar-refractivity contribution < 1.29 is 82.1 Å². The van der Waals surface area contributed by atoms with Crippen molar-refractivity contribution in [1.29, 1.82) is 0 Å². The molecule has 39 nitrogen and oxygen atoms in total. The summed E-state index contributed by atoms with van der Waals surface area (Å²) in [4.78, 5) is 214. The minimum Gasteiger partial charge on any atom is -0.481 e. The maximum atomic E-state index is 14.6. The molecule has 1 aromatic carbocycles. The maximum absolute atomic E-state index is 14.6. The second kappa shape index (κ2) is 51.9. The Labute approximate surface area is 642 Å². The lowest BCUT2D eigenvalue weighted by Crippen LogP contribution is -2.61. The summed E-state index contributed by atoms with van der Waals surface area (Å²) in [5.74, 6) is -16.8. The number of carboxylic acids is 1. The van der Waals surface area contributed by atoms with E-state index < -0.39 is 205 Å². The minimum atomic E-state index is -2.03. The first kappa shape index (κ1) is 97.7. The smallest absolute Gasteiger partial charge is 0.305 e. The molecule has 0 heterocycles. The highest BCUT2D eigenvalue weighted by atomic mass is 16.4. The first-order chi connectivity index (χ1) is 51.7. The SMILES string of the molecule is CC[C@H](C)[C@H](NC(=O)[C@H](CCCCN)NC(=O)[C@@H](NC(=O)[C@@H](N)CCCN=C(N)N)[C@@H](C)CC)C(=O)NCC(=O)N[C@@H](CC(C)C)C(=O)N[C@@H](Cc1ccccc1)C(=O)N[C@@H](CC(=O)O)C(=O)N[C@@H](CCC(N)=O)C(=O)N[C@@H](CC(C)C)C(=O)N[C@@H](CO)C(=O)N[C@@H](CCCN=C(N)N)C(=O)N[C@@H](CC(C)C)C(N)=O. The lowest BCUT2D eigenvalue weighted by molar-refractivity contribution is -0.141. The Bertz CT molecular complexity index is 3240. The molecule has 1 aromatic rings. The third-order valence-corrected chi connectivity index (χ3v) is 17.6. The van der Waals surface area contributed by atoms with Gasteiger partial charge in [-0.15, -0.1) is 0 Å². The molecule has 30 N–H and O–H groups in total. The third kappa shape index (κ3) is 39.2. The van der Waals surface area contributed by atoms with Crippen LogP contribution in [0.1, 0.15) is 171 Å². The molecule has 14 amide bonds. The molecule has 0 aliphatic heterocycles. The van der Waals surface area contributed by atoms with Gasteiger partial charge < -0.3 is 120 Å². The Morgan fingerprint density at radius 3 is 1.30 bits per heavy atom. The van der Waals surface area contributed by atoms with Crippen LogP contribution in [-0.2, 0) is 78.3 Å². The molecule has 0 aromatic heterocycles. The summed E-state index contributed by atoms with van der Waals surface area (Å²) in [6.07, 6.45) is -0.318. The summed E-state index contributed by atoms with van der Waals surface area (Å²) in [6.45, 7) is 16.1. The molecule has 0 bridgehead atoms. The molecule has 14 atom stereocenters. The van der Waals surface area contributed by atoms with E-state index in [1.54, 1.807) is 92.6 Å². The molecule has 0 fully saturated rings. The summed E-state index contributed by atoms with van der Waals surface area (Å²) in [5.41, 5.74) is 45.1. The second-order valence-electron chi connectivity index (χ2n) is 28.6. The quantitative estimate of drug-likeness (QED) is 0.0165. The number of carbonyl (C=O) groups excluding carboxylic acids is 14. The molecule has 1 rings (SSSR count). The number of rotatable bonds is 55. The van der Waals surface area contributed by atoms with Crippen molar-refractivity contribution in [1.82, 2.24) is 63.8 Å². The molecule has 0 saturated carbocycles. The van der Waals surface area contributed by atoms with Crippen molar-refractivity contribution in [2.75, 3.05) is 32.8 Å². The molecular formula is C71H124N22O17. The van der Waals surface area contributed by atoms with E-state index in [0.29, 0.717) is 37.7 Å². The van der Waals surface area contributed by atoms with Gasteiger partial charge in [0.25, 0.3) is 0 Å². The number of unbranched alkanes of at least 4 members (excludes halogenated alkanes) is 1. The molecule has 0 radical (unpaired) electrons. The average molecular weight is 1560 g/mol. The summed E-state index contributed by atoms with van der Waals surface area (Å²) in [5, 5.41) is 50.9. The fraction of sp³-hybridized carbons (Fsp3) is 0.676. The number of benzene rings is 1. The Balaban J connectivity index is 3.60. The van der Waals surface area contributed by atoms with Crippen LogP contribution < -0.4 is 110 Å². The van der Waals surface area contributed by atoms with Crippen molar-refractivity contribution in [3.8, 4) is 0 Å². The molecule has 0 aliphatic rings. The third-order valence-electron chi connectivity index (χ3n) is 17.6. The monoisotopic (exact) mass is 1560 g/mol. The number of nitrogens with two attached hydrogens (primary N) is 8. The van der Waals surface area contributed by atoms with Gasteiger partial charge in [-0.3, -0.25) is 81.9 Å². The van der Waals surface area contributed by atoms with Crippen LogP contribution in [-0.4, -0.2) is 216 Å². The number of amides is 14. The van der Waals surface area contributed by atoms with Gasteiger partial charge in [0.1, 0.15) is 66.5 Å². The maximum Gasteiger partial charge on any atom is 0.305 e. The minimum absolute atomic E-state index is 0.0173. The van der Waals surface area contributed by atoms with Crippen LogP contribution in [0.5, 0.6) is 0 Å². The van der Waals surface area contributed by atoms with E-state index in [-0.39, 0.29) is 101 Å². The van der Waals surface area contributed by atoms with Gasteiger partial charge in [-0.1, -0.05) is 112 Å². The molecule has 39 heteroatoms. The van der Waals surface area contributed by atoms with E-state index in [9.17, 15) is 82.1 Å². The summed E-state index contributed by atoms with van der Waals surface area (Å²) in [7, 11) is 0. The van der Waals surface area contributed by atoms with Gasteiger partial charge in [-0.25, -0.2) is 0 Å². The largest absolute Gasteiger partial charge is 0.481 e. The number of nitrogens with zero attached hydrogens (tertiary/aromatic N) is 2. The molecule has 0 saturated heterocycles. The first-order valence-corrected chi connectivity index (χ1v) is 37.3. The van der Waals surface area contributed by atoms with Crippen LogP contribution in [0.4, 0.5) is 0 Å². The molecule has 0 spiro atoms. The summed E-state index contributed by atoms with van der Waals surface area (Å²) >= 11 is 0. The zero-order valence-electron chi connectivity index (χ0n) is 65.1. The normalized spacial score (nSPS) is 15.0. The Morgan fingerprint density at radius 2 is 0.818 bits per heavy atom.